The zero-order valence-electron chi connectivity index (χ0n) is 15.0. The second-order valence-corrected chi connectivity index (χ2v) is 7.07. The largest absolute Gasteiger partial charge is 0.349 e. The second-order valence-electron chi connectivity index (χ2n) is 7.07. The first-order valence-corrected chi connectivity index (χ1v) is 9.29. The summed E-state index contributed by atoms with van der Waals surface area (Å²) in [4.78, 5) is 26.2. The number of rotatable bonds is 4. The van der Waals surface area contributed by atoms with E-state index in [1.807, 2.05) is 12.1 Å². The number of carbonyl (C=O) groups is 2. The lowest BCUT2D eigenvalue weighted by atomic mass is 10.0. The quantitative estimate of drug-likeness (QED) is 0.841. The van der Waals surface area contributed by atoms with Gasteiger partial charge in [0.05, 0.1) is 5.69 Å². The van der Waals surface area contributed by atoms with Crippen molar-refractivity contribution in [2.45, 2.75) is 31.7 Å². The van der Waals surface area contributed by atoms with Gasteiger partial charge in [0.2, 0.25) is 0 Å². The Morgan fingerprint density at radius 2 is 1.89 bits per heavy atom. The third kappa shape index (κ3) is 4.08. The van der Waals surface area contributed by atoms with Gasteiger partial charge < -0.3 is 10.2 Å². The molecule has 2 amide bonds. The minimum atomic E-state index is -0.336. The standard InChI is InChI=1S/C22H21FN2O2/c23-18-9-8-16-2-1-13-25(20(16)14-18)21(26)12-5-15-3-6-17(7-4-15)22(27)24-19-10-11-19/h3-9,12,14,19H,1-2,10-11,13H2,(H,24,27). The van der Waals surface area contributed by atoms with Crippen molar-refractivity contribution in [2.24, 2.45) is 0 Å². The van der Waals surface area contributed by atoms with Crippen molar-refractivity contribution in [1.29, 1.82) is 0 Å². The average Bonchev–Trinajstić information content (AvgIpc) is 3.50. The van der Waals surface area contributed by atoms with E-state index in [1.165, 1.54) is 18.2 Å². The lowest BCUT2D eigenvalue weighted by Crippen LogP contribution is -2.34. The van der Waals surface area contributed by atoms with Gasteiger partial charge in [0, 0.05) is 24.2 Å². The highest BCUT2D eigenvalue weighted by molar-refractivity contribution is 6.04. The molecule has 2 aliphatic rings. The summed E-state index contributed by atoms with van der Waals surface area (Å²) < 4.78 is 13.6. The normalized spacial score (nSPS) is 16.3. The molecule has 0 aromatic heterocycles. The molecule has 1 aliphatic heterocycles. The summed E-state index contributed by atoms with van der Waals surface area (Å²) in [6.45, 7) is 0.583. The van der Waals surface area contributed by atoms with Crippen molar-refractivity contribution in [3.8, 4) is 0 Å². The Morgan fingerprint density at radius 1 is 1.11 bits per heavy atom. The van der Waals surface area contributed by atoms with Crippen LogP contribution >= 0.6 is 0 Å². The molecular formula is C22H21FN2O2. The van der Waals surface area contributed by atoms with Crippen molar-refractivity contribution < 1.29 is 14.0 Å². The van der Waals surface area contributed by atoms with Crippen LogP contribution < -0.4 is 10.2 Å². The van der Waals surface area contributed by atoms with Gasteiger partial charge in [-0.15, -0.1) is 0 Å². The number of anilines is 1. The van der Waals surface area contributed by atoms with E-state index in [1.54, 1.807) is 29.2 Å². The molecule has 4 nitrogen and oxygen atoms in total. The summed E-state index contributed by atoms with van der Waals surface area (Å²) in [6.07, 6.45) is 7.05. The van der Waals surface area contributed by atoms with E-state index >= 15 is 0 Å². The number of benzene rings is 2. The van der Waals surface area contributed by atoms with Gasteiger partial charge in [0.15, 0.2) is 0 Å². The summed E-state index contributed by atoms with van der Waals surface area (Å²) in [7, 11) is 0. The number of nitrogens with one attached hydrogen (secondary N) is 1. The Balaban J connectivity index is 1.44. The van der Waals surface area contributed by atoms with Crippen LogP contribution in [0, 0.1) is 5.82 Å². The molecule has 27 heavy (non-hydrogen) atoms. The molecule has 1 heterocycles. The fourth-order valence-corrected chi connectivity index (χ4v) is 3.28. The van der Waals surface area contributed by atoms with E-state index in [0.29, 0.717) is 23.8 Å². The molecule has 1 aliphatic carbocycles. The number of aryl methyl sites for hydroxylation is 1. The average molecular weight is 364 g/mol. The zero-order chi connectivity index (χ0) is 18.8. The summed E-state index contributed by atoms with van der Waals surface area (Å²) in [5.74, 6) is -0.564. The van der Waals surface area contributed by atoms with Gasteiger partial charge in [-0.2, -0.15) is 0 Å². The van der Waals surface area contributed by atoms with Crippen LogP contribution in [0.25, 0.3) is 6.08 Å². The molecule has 0 radical (unpaired) electrons. The molecule has 0 bridgehead atoms. The van der Waals surface area contributed by atoms with Gasteiger partial charge in [0.1, 0.15) is 5.82 Å². The molecule has 5 heteroatoms. The maximum atomic E-state index is 13.6. The number of carbonyl (C=O) groups excluding carboxylic acids is 2. The van der Waals surface area contributed by atoms with Crippen molar-refractivity contribution in [3.05, 3.63) is 71.0 Å². The van der Waals surface area contributed by atoms with Gasteiger partial charge in [0.25, 0.3) is 11.8 Å². The van der Waals surface area contributed by atoms with Crippen LogP contribution in [-0.4, -0.2) is 24.4 Å². The van der Waals surface area contributed by atoms with E-state index in [4.69, 9.17) is 0 Å². The first-order chi connectivity index (χ1) is 13.1. The van der Waals surface area contributed by atoms with Crippen molar-refractivity contribution in [2.75, 3.05) is 11.4 Å². The van der Waals surface area contributed by atoms with Crippen molar-refractivity contribution in [3.63, 3.8) is 0 Å². The van der Waals surface area contributed by atoms with Crippen LogP contribution in [0.2, 0.25) is 0 Å². The van der Waals surface area contributed by atoms with Crippen LogP contribution in [0.15, 0.2) is 48.5 Å². The molecule has 2 aromatic carbocycles. The molecule has 0 atom stereocenters. The fraction of sp³-hybridized carbons (Fsp3) is 0.273. The Kier molecular flexibility index (Phi) is 4.75. The lowest BCUT2D eigenvalue weighted by molar-refractivity contribution is -0.114. The van der Waals surface area contributed by atoms with Crippen LogP contribution in [0.5, 0.6) is 0 Å². The predicted octanol–water partition coefficient (Wildman–Crippen LogP) is 3.71. The lowest BCUT2D eigenvalue weighted by Gasteiger charge is -2.28. The number of hydrogen-bond acceptors (Lipinski definition) is 2. The van der Waals surface area contributed by atoms with Crippen LogP contribution in [-0.2, 0) is 11.2 Å². The Morgan fingerprint density at radius 3 is 2.63 bits per heavy atom. The number of amides is 2. The van der Waals surface area contributed by atoms with Crippen LogP contribution in [0.3, 0.4) is 0 Å². The topological polar surface area (TPSA) is 49.4 Å². The molecular weight excluding hydrogens is 343 g/mol. The van der Waals surface area contributed by atoms with Crippen molar-refractivity contribution in [1.82, 2.24) is 5.32 Å². The summed E-state index contributed by atoms with van der Waals surface area (Å²) in [5, 5.41) is 2.95. The third-order valence-corrected chi connectivity index (χ3v) is 4.94. The molecule has 0 saturated heterocycles. The number of nitrogens with zero attached hydrogens (tertiary/aromatic N) is 1. The summed E-state index contributed by atoms with van der Waals surface area (Å²) in [5.41, 5.74) is 3.10. The highest BCUT2D eigenvalue weighted by Gasteiger charge is 2.24. The van der Waals surface area contributed by atoms with Gasteiger partial charge >= 0.3 is 0 Å². The Labute approximate surface area is 157 Å². The van der Waals surface area contributed by atoms with E-state index < -0.39 is 0 Å². The molecule has 0 unspecified atom stereocenters. The van der Waals surface area contributed by atoms with Crippen LogP contribution in [0.4, 0.5) is 10.1 Å². The molecule has 1 fully saturated rings. The first-order valence-electron chi connectivity index (χ1n) is 9.29. The molecule has 1 saturated carbocycles. The number of fused-ring (bicyclic) bond motifs is 1. The minimum Gasteiger partial charge on any atom is -0.349 e. The van der Waals surface area contributed by atoms with Gasteiger partial charge in [-0.25, -0.2) is 4.39 Å². The number of halogens is 1. The molecule has 1 N–H and O–H groups in total. The van der Waals surface area contributed by atoms with Gasteiger partial charge in [-0.05, 0) is 67.2 Å². The van der Waals surface area contributed by atoms with Crippen molar-refractivity contribution >= 4 is 23.6 Å². The summed E-state index contributed by atoms with van der Waals surface area (Å²) in [6, 6.07) is 12.1. The molecule has 0 spiro atoms. The third-order valence-electron chi connectivity index (χ3n) is 4.94. The molecule has 138 valence electrons. The second kappa shape index (κ2) is 7.35. The highest BCUT2D eigenvalue weighted by atomic mass is 19.1. The monoisotopic (exact) mass is 364 g/mol. The van der Waals surface area contributed by atoms with E-state index in [0.717, 1.165) is 36.8 Å². The fourth-order valence-electron chi connectivity index (χ4n) is 3.28. The SMILES string of the molecule is O=C(NC1CC1)c1ccc(C=CC(=O)N2CCCc3ccc(F)cc32)cc1. The van der Waals surface area contributed by atoms with E-state index in [9.17, 15) is 14.0 Å². The zero-order valence-corrected chi connectivity index (χ0v) is 15.0. The first kappa shape index (κ1) is 17.5. The maximum absolute atomic E-state index is 13.6. The molecule has 4 rings (SSSR count). The minimum absolute atomic E-state index is 0.0592. The smallest absolute Gasteiger partial charge is 0.251 e. The Hall–Kier alpha value is -2.95. The summed E-state index contributed by atoms with van der Waals surface area (Å²) >= 11 is 0. The van der Waals surface area contributed by atoms with Crippen LogP contribution in [0.1, 0.15) is 40.7 Å². The van der Waals surface area contributed by atoms with E-state index in [2.05, 4.69) is 5.32 Å². The Bertz CT molecular complexity index is 901. The predicted molar refractivity (Wildman–Crippen MR) is 103 cm³/mol. The van der Waals surface area contributed by atoms with Gasteiger partial charge in [-0.1, -0.05) is 18.2 Å². The highest BCUT2D eigenvalue weighted by Crippen LogP contribution is 2.28. The molecule has 2 aromatic rings. The number of hydrogen-bond donors (Lipinski definition) is 1. The van der Waals surface area contributed by atoms with E-state index in [-0.39, 0.29) is 17.6 Å². The van der Waals surface area contributed by atoms with Gasteiger partial charge in [-0.3, -0.25) is 9.59 Å². The maximum Gasteiger partial charge on any atom is 0.251 e.